The summed E-state index contributed by atoms with van der Waals surface area (Å²) in [5.74, 6) is -1.91. The Morgan fingerprint density at radius 3 is 2.46 bits per heavy atom. The van der Waals surface area contributed by atoms with Gasteiger partial charge in [-0.1, -0.05) is 38.1 Å². The molecule has 3 aromatic carbocycles. The van der Waals surface area contributed by atoms with Gasteiger partial charge in [0.05, 0.1) is 5.52 Å². The van der Waals surface area contributed by atoms with Crippen molar-refractivity contribution in [1.82, 2.24) is 4.57 Å². The normalized spacial score (nSPS) is 11.6. The molecule has 0 aliphatic rings. The maximum atomic E-state index is 13.7. The Kier molecular flexibility index (Phi) is 4.38. The number of nitrogens with two attached hydrogens (primary N) is 1. The standard InChI is InChI=1S/C23H20F2N2O/c1-13(2)15-7-8-16-21(11-15)27(12-14-6-9-18(24)19(25)10-14)20-5-3-4-17(22(16)20)23(26)28/h3-11,13H,12H2,1-2H3,(H2,26,28). The van der Waals surface area contributed by atoms with Crippen LogP contribution in [0.25, 0.3) is 21.8 Å². The highest BCUT2D eigenvalue weighted by atomic mass is 19.2. The first-order valence-electron chi connectivity index (χ1n) is 9.15. The topological polar surface area (TPSA) is 48.0 Å². The number of primary amides is 1. The maximum Gasteiger partial charge on any atom is 0.249 e. The molecule has 142 valence electrons. The Balaban J connectivity index is 2.03. The van der Waals surface area contributed by atoms with Crippen LogP contribution in [0.3, 0.4) is 0 Å². The molecule has 0 unspecified atom stereocenters. The minimum atomic E-state index is -0.876. The van der Waals surface area contributed by atoms with Crippen molar-refractivity contribution in [3.8, 4) is 0 Å². The average molecular weight is 378 g/mol. The molecule has 0 fully saturated rings. The number of fused-ring (bicyclic) bond motifs is 3. The van der Waals surface area contributed by atoms with E-state index in [1.165, 1.54) is 6.07 Å². The van der Waals surface area contributed by atoms with Crippen molar-refractivity contribution in [3.63, 3.8) is 0 Å². The molecule has 0 saturated carbocycles. The van der Waals surface area contributed by atoms with Crippen molar-refractivity contribution in [2.24, 2.45) is 5.73 Å². The third-order valence-electron chi connectivity index (χ3n) is 5.17. The van der Waals surface area contributed by atoms with Crippen molar-refractivity contribution in [2.45, 2.75) is 26.3 Å². The predicted molar refractivity (Wildman–Crippen MR) is 108 cm³/mol. The van der Waals surface area contributed by atoms with Crippen LogP contribution < -0.4 is 5.73 Å². The molecule has 4 rings (SSSR count). The van der Waals surface area contributed by atoms with Gasteiger partial charge in [0.15, 0.2) is 11.6 Å². The number of hydrogen-bond donors (Lipinski definition) is 1. The van der Waals surface area contributed by atoms with Crippen LogP contribution in [-0.2, 0) is 6.54 Å². The summed E-state index contributed by atoms with van der Waals surface area (Å²) in [6.07, 6.45) is 0. The van der Waals surface area contributed by atoms with Crippen molar-refractivity contribution >= 4 is 27.7 Å². The molecular weight excluding hydrogens is 358 g/mol. The smallest absolute Gasteiger partial charge is 0.249 e. The van der Waals surface area contributed by atoms with Gasteiger partial charge in [0.1, 0.15) is 0 Å². The second kappa shape index (κ2) is 6.75. The number of aromatic nitrogens is 1. The largest absolute Gasteiger partial charge is 0.366 e. The Hall–Kier alpha value is -3.21. The first-order chi connectivity index (χ1) is 13.4. The first-order valence-corrected chi connectivity index (χ1v) is 9.15. The molecule has 0 aliphatic carbocycles. The number of hydrogen-bond acceptors (Lipinski definition) is 1. The van der Waals surface area contributed by atoms with Crippen LogP contribution >= 0.6 is 0 Å². The molecule has 1 amide bonds. The zero-order valence-electron chi connectivity index (χ0n) is 15.7. The van der Waals surface area contributed by atoms with E-state index in [4.69, 9.17) is 5.73 Å². The second-order valence-corrected chi connectivity index (χ2v) is 7.33. The van der Waals surface area contributed by atoms with Crippen LogP contribution in [0.15, 0.2) is 54.6 Å². The Morgan fingerprint density at radius 2 is 1.79 bits per heavy atom. The highest BCUT2D eigenvalue weighted by Crippen LogP contribution is 2.34. The molecule has 28 heavy (non-hydrogen) atoms. The maximum absolute atomic E-state index is 13.7. The zero-order chi connectivity index (χ0) is 20.0. The van der Waals surface area contributed by atoms with Gasteiger partial charge in [-0.2, -0.15) is 0 Å². The van der Waals surface area contributed by atoms with E-state index in [0.29, 0.717) is 23.6 Å². The number of halogens is 2. The van der Waals surface area contributed by atoms with Crippen LogP contribution in [0.1, 0.15) is 41.3 Å². The quantitative estimate of drug-likeness (QED) is 0.512. The molecule has 0 bridgehead atoms. The molecule has 0 aliphatic heterocycles. The Bertz CT molecular complexity index is 1220. The Morgan fingerprint density at radius 1 is 1.00 bits per heavy atom. The molecule has 1 heterocycles. The molecule has 3 nitrogen and oxygen atoms in total. The van der Waals surface area contributed by atoms with Gasteiger partial charge in [0, 0.05) is 28.4 Å². The van der Waals surface area contributed by atoms with Gasteiger partial charge in [-0.05, 0) is 47.4 Å². The molecule has 0 radical (unpaired) electrons. The van der Waals surface area contributed by atoms with Crippen LogP contribution in [-0.4, -0.2) is 10.5 Å². The highest BCUT2D eigenvalue weighted by Gasteiger charge is 2.17. The molecule has 0 spiro atoms. The van der Waals surface area contributed by atoms with Crippen LogP contribution in [0, 0.1) is 11.6 Å². The number of amides is 1. The number of rotatable bonds is 4. The van der Waals surface area contributed by atoms with Crippen LogP contribution in [0.4, 0.5) is 8.78 Å². The van der Waals surface area contributed by atoms with Gasteiger partial charge < -0.3 is 10.3 Å². The summed E-state index contributed by atoms with van der Waals surface area (Å²) in [5.41, 5.74) is 9.61. The minimum Gasteiger partial charge on any atom is -0.366 e. The average Bonchev–Trinajstić information content (AvgIpc) is 2.98. The first kappa shape index (κ1) is 18.2. The molecule has 4 aromatic rings. The third kappa shape index (κ3) is 2.93. The molecular formula is C23H20F2N2O. The van der Waals surface area contributed by atoms with Crippen molar-refractivity contribution in [2.75, 3.05) is 0 Å². The van der Waals surface area contributed by atoms with E-state index in [2.05, 4.69) is 19.9 Å². The van der Waals surface area contributed by atoms with E-state index in [1.807, 2.05) is 22.8 Å². The summed E-state index contributed by atoms with van der Waals surface area (Å²) in [4.78, 5) is 12.0. The monoisotopic (exact) mass is 378 g/mol. The predicted octanol–water partition coefficient (Wildman–Crippen LogP) is 5.34. The molecule has 5 heteroatoms. The number of carbonyl (C=O) groups is 1. The van der Waals surface area contributed by atoms with E-state index in [0.717, 1.165) is 33.4 Å². The molecule has 0 atom stereocenters. The van der Waals surface area contributed by atoms with Gasteiger partial charge in [-0.25, -0.2) is 8.78 Å². The lowest BCUT2D eigenvalue weighted by Gasteiger charge is -2.10. The third-order valence-corrected chi connectivity index (χ3v) is 5.17. The fourth-order valence-corrected chi connectivity index (χ4v) is 3.72. The van der Waals surface area contributed by atoms with Gasteiger partial charge in [0.2, 0.25) is 5.91 Å². The molecule has 2 N–H and O–H groups in total. The number of carbonyl (C=O) groups excluding carboxylic acids is 1. The summed E-state index contributed by atoms with van der Waals surface area (Å²) < 4.78 is 29.1. The lowest BCUT2D eigenvalue weighted by molar-refractivity contribution is 0.100. The Labute approximate surface area is 161 Å². The van der Waals surface area contributed by atoms with E-state index < -0.39 is 17.5 Å². The number of nitrogens with zero attached hydrogens (tertiary/aromatic N) is 1. The van der Waals surface area contributed by atoms with Gasteiger partial charge in [-0.3, -0.25) is 4.79 Å². The lowest BCUT2D eigenvalue weighted by Crippen LogP contribution is -2.11. The minimum absolute atomic E-state index is 0.328. The summed E-state index contributed by atoms with van der Waals surface area (Å²) in [7, 11) is 0. The van der Waals surface area contributed by atoms with E-state index in [-0.39, 0.29) is 0 Å². The van der Waals surface area contributed by atoms with Crippen molar-refractivity contribution < 1.29 is 13.6 Å². The summed E-state index contributed by atoms with van der Waals surface area (Å²) >= 11 is 0. The summed E-state index contributed by atoms with van der Waals surface area (Å²) in [6, 6.07) is 15.5. The number of benzene rings is 3. The van der Waals surface area contributed by atoms with E-state index in [1.54, 1.807) is 18.2 Å². The van der Waals surface area contributed by atoms with Crippen LogP contribution in [0.5, 0.6) is 0 Å². The van der Waals surface area contributed by atoms with Gasteiger partial charge in [0.25, 0.3) is 0 Å². The van der Waals surface area contributed by atoms with E-state index >= 15 is 0 Å². The summed E-state index contributed by atoms with van der Waals surface area (Å²) in [6.45, 7) is 4.57. The molecule has 1 aromatic heterocycles. The van der Waals surface area contributed by atoms with Crippen molar-refractivity contribution in [1.29, 1.82) is 0 Å². The van der Waals surface area contributed by atoms with E-state index in [9.17, 15) is 13.6 Å². The van der Waals surface area contributed by atoms with Gasteiger partial charge in [-0.15, -0.1) is 0 Å². The summed E-state index contributed by atoms with van der Waals surface area (Å²) in [5, 5.41) is 1.69. The highest BCUT2D eigenvalue weighted by molar-refractivity contribution is 6.18. The van der Waals surface area contributed by atoms with Gasteiger partial charge >= 0.3 is 0 Å². The second-order valence-electron chi connectivity index (χ2n) is 7.33. The zero-order valence-corrected chi connectivity index (χ0v) is 15.7. The van der Waals surface area contributed by atoms with Crippen molar-refractivity contribution in [3.05, 3.63) is 82.9 Å². The lowest BCUT2D eigenvalue weighted by atomic mass is 10.00. The molecule has 0 saturated heterocycles. The fraction of sp³-hybridized carbons (Fsp3) is 0.174. The van der Waals surface area contributed by atoms with Crippen LogP contribution in [0.2, 0.25) is 0 Å². The SMILES string of the molecule is CC(C)c1ccc2c3c(C(N)=O)cccc3n(Cc3ccc(F)c(F)c3)c2c1. The fourth-order valence-electron chi connectivity index (χ4n) is 3.72.